The van der Waals surface area contributed by atoms with Crippen LogP contribution in [0.25, 0.3) is 0 Å². The van der Waals surface area contributed by atoms with Crippen molar-refractivity contribution in [2.75, 3.05) is 20.7 Å². The van der Waals surface area contributed by atoms with Gasteiger partial charge in [-0.2, -0.15) is 0 Å². The molecular formula is C15H18N2O2S. The highest BCUT2D eigenvalue weighted by molar-refractivity contribution is 7.09. The Morgan fingerprint density at radius 2 is 2.15 bits per heavy atom. The second-order valence-corrected chi connectivity index (χ2v) is 5.60. The standard InChI is InChI=1S/C15H18N2O2S/c1-11-15(20-10-16-11)9-17(2)8-13(18)12-6-4-5-7-14(12)19-3/h4-7,10H,8-9H2,1-3H3. The molecule has 1 aromatic carbocycles. The van der Waals surface area contributed by atoms with Crippen molar-refractivity contribution in [2.45, 2.75) is 13.5 Å². The predicted molar refractivity (Wildman–Crippen MR) is 80.5 cm³/mol. The summed E-state index contributed by atoms with van der Waals surface area (Å²) in [7, 11) is 3.52. The highest BCUT2D eigenvalue weighted by Gasteiger charge is 2.14. The largest absolute Gasteiger partial charge is 0.496 e. The fourth-order valence-corrected chi connectivity index (χ4v) is 2.84. The summed E-state index contributed by atoms with van der Waals surface area (Å²) in [4.78, 5) is 19.7. The van der Waals surface area contributed by atoms with E-state index in [-0.39, 0.29) is 5.78 Å². The maximum atomic E-state index is 12.3. The number of Topliss-reactive ketones (excluding diaryl/α,β-unsaturated/α-hetero) is 1. The lowest BCUT2D eigenvalue weighted by molar-refractivity contribution is 0.0940. The molecule has 20 heavy (non-hydrogen) atoms. The quantitative estimate of drug-likeness (QED) is 0.767. The number of hydrogen-bond donors (Lipinski definition) is 0. The number of aromatic nitrogens is 1. The van der Waals surface area contributed by atoms with Crippen molar-refractivity contribution in [3.05, 3.63) is 45.9 Å². The van der Waals surface area contributed by atoms with Crippen LogP contribution in [-0.2, 0) is 6.54 Å². The van der Waals surface area contributed by atoms with Crippen LogP contribution in [0.15, 0.2) is 29.8 Å². The Bertz CT molecular complexity index is 595. The van der Waals surface area contributed by atoms with Crippen LogP contribution in [-0.4, -0.2) is 36.4 Å². The Kier molecular flexibility index (Phi) is 4.87. The third-order valence-corrected chi connectivity index (χ3v) is 4.00. The molecule has 0 radical (unpaired) electrons. The van der Waals surface area contributed by atoms with Crippen LogP contribution < -0.4 is 4.74 Å². The molecule has 0 aliphatic carbocycles. The van der Waals surface area contributed by atoms with Crippen molar-refractivity contribution in [1.82, 2.24) is 9.88 Å². The summed E-state index contributed by atoms with van der Waals surface area (Å²) in [5.41, 5.74) is 3.50. The number of ether oxygens (including phenoxy) is 1. The minimum atomic E-state index is 0.0621. The second-order valence-electron chi connectivity index (χ2n) is 4.66. The third kappa shape index (κ3) is 3.43. The molecule has 0 spiro atoms. The number of carbonyl (C=O) groups excluding carboxylic acids is 1. The van der Waals surface area contributed by atoms with Crippen molar-refractivity contribution in [2.24, 2.45) is 0 Å². The van der Waals surface area contributed by atoms with Crippen molar-refractivity contribution >= 4 is 17.1 Å². The summed E-state index contributed by atoms with van der Waals surface area (Å²) in [6.45, 7) is 3.08. The monoisotopic (exact) mass is 290 g/mol. The van der Waals surface area contributed by atoms with Crippen molar-refractivity contribution in [3.63, 3.8) is 0 Å². The van der Waals surface area contributed by atoms with E-state index in [4.69, 9.17) is 4.74 Å². The Labute approximate surface area is 123 Å². The van der Waals surface area contributed by atoms with E-state index < -0.39 is 0 Å². The molecular weight excluding hydrogens is 272 g/mol. The van der Waals surface area contributed by atoms with E-state index in [1.165, 1.54) is 4.88 Å². The maximum absolute atomic E-state index is 12.3. The minimum Gasteiger partial charge on any atom is -0.496 e. The number of benzene rings is 1. The van der Waals surface area contributed by atoms with E-state index in [1.54, 1.807) is 30.6 Å². The van der Waals surface area contributed by atoms with Crippen molar-refractivity contribution in [1.29, 1.82) is 0 Å². The fourth-order valence-electron chi connectivity index (χ4n) is 1.98. The molecule has 1 heterocycles. The smallest absolute Gasteiger partial charge is 0.180 e. The lowest BCUT2D eigenvalue weighted by Crippen LogP contribution is -2.25. The zero-order valence-corrected chi connectivity index (χ0v) is 12.7. The molecule has 2 rings (SSSR count). The van der Waals surface area contributed by atoms with Crippen LogP contribution in [0.4, 0.5) is 0 Å². The fraction of sp³-hybridized carbons (Fsp3) is 0.333. The molecule has 0 fully saturated rings. The molecule has 0 saturated carbocycles. The SMILES string of the molecule is COc1ccccc1C(=O)CN(C)Cc1scnc1C. The number of methoxy groups -OCH3 is 1. The highest BCUT2D eigenvalue weighted by Crippen LogP contribution is 2.19. The van der Waals surface area contributed by atoms with Gasteiger partial charge in [0.05, 0.1) is 30.4 Å². The Morgan fingerprint density at radius 1 is 1.40 bits per heavy atom. The number of likely N-dealkylation sites (N-methyl/N-ethyl adjacent to an activating group) is 1. The van der Waals surface area contributed by atoms with E-state index in [9.17, 15) is 4.79 Å². The van der Waals surface area contributed by atoms with Crippen LogP contribution in [0, 0.1) is 6.92 Å². The van der Waals surface area contributed by atoms with Gasteiger partial charge >= 0.3 is 0 Å². The molecule has 0 saturated heterocycles. The van der Waals surface area contributed by atoms with Crippen molar-refractivity contribution in [3.8, 4) is 5.75 Å². The van der Waals surface area contributed by atoms with Gasteiger partial charge in [-0.25, -0.2) is 4.98 Å². The molecule has 0 N–H and O–H groups in total. The zero-order chi connectivity index (χ0) is 14.5. The first-order chi connectivity index (χ1) is 9.61. The number of ketones is 1. The summed E-state index contributed by atoms with van der Waals surface area (Å²) < 4.78 is 5.23. The molecule has 2 aromatic rings. The lowest BCUT2D eigenvalue weighted by Gasteiger charge is -2.16. The molecule has 0 bridgehead atoms. The average molecular weight is 290 g/mol. The molecule has 0 amide bonds. The van der Waals surface area contributed by atoms with Crippen LogP contribution in [0.5, 0.6) is 5.75 Å². The van der Waals surface area contributed by atoms with E-state index in [2.05, 4.69) is 4.98 Å². The van der Waals surface area contributed by atoms with Gasteiger partial charge in [-0.1, -0.05) is 12.1 Å². The molecule has 4 nitrogen and oxygen atoms in total. The summed E-state index contributed by atoms with van der Waals surface area (Å²) in [5.74, 6) is 0.687. The molecule has 1 aromatic heterocycles. The van der Waals surface area contributed by atoms with Crippen LogP contribution in [0.2, 0.25) is 0 Å². The van der Waals surface area contributed by atoms with Gasteiger partial charge in [0.25, 0.3) is 0 Å². The summed E-state index contributed by atoms with van der Waals surface area (Å²) in [5, 5.41) is 0. The topological polar surface area (TPSA) is 42.4 Å². The number of carbonyl (C=O) groups is 1. The van der Waals surface area contributed by atoms with E-state index >= 15 is 0 Å². The van der Waals surface area contributed by atoms with E-state index in [1.807, 2.05) is 36.5 Å². The molecule has 0 aliphatic rings. The number of nitrogens with zero attached hydrogens (tertiary/aromatic N) is 2. The molecule has 0 atom stereocenters. The number of para-hydroxylation sites is 1. The zero-order valence-electron chi connectivity index (χ0n) is 11.9. The first-order valence-corrected chi connectivity index (χ1v) is 7.23. The van der Waals surface area contributed by atoms with Gasteiger partial charge in [-0.05, 0) is 26.1 Å². The molecule has 5 heteroatoms. The normalized spacial score (nSPS) is 10.8. The first kappa shape index (κ1) is 14.7. The Balaban J connectivity index is 2.02. The van der Waals surface area contributed by atoms with Gasteiger partial charge < -0.3 is 4.74 Å². The van der Waals surface area contributed by atoms with Gasteiger partial charge in [0.15, 0.2) is 5.78 Å². The number of thiazole rings is 1. The summed E-state index contributed by atoms with van der Waals surface area (Å²) in [6.07, 6.45) is 0. The highest BCUT2D eigenvalue weighted by atomic mass is 32.1. The van der Waals surface area contributed by atoms with Gasteiger partial charge in [0.2, 0.25) is 0 Å². The second kappa shape index (κ2) is 6.63. The van der Waals surface area contributed by atoms with Gasteiger partial charge in [0, 0.05) is 11.4 Å². The lowest BCUT2D eigenvalue weighted by atomic mass is 10.1. The van der Waals surface area contributed by atoms with Crippen LogP contribution in [0.3, 0.4) is 0 Å². The predicted octanol–water partition coefficient (Wildman–Crippen LogP) is 2.77. The Hall–Kier alpha value is -1.72. The summed E-state index contributed by atoms with van der Waals surface area (Å²) >= 11 is 1.62. The first-order valence-electron chi connectivity index (χ1n) is 6.35. The van der Waals surface area contributed by atoms with E-state index in [0.717, 1.165) is 12.2 Å². The van der Waals surface area contributed by atoms with Crippen LogP contribution in [0.1, 0.15) is 20.9 Å². The van der Waals surface area contributed by atoms with Gasteiger partial charge in [-0.3, -0.25) is 9.69 Å². The maximum Gasteiger partial charge on any atom is 0.180 e. The number of aryl methyl sites for hydroxylation is 1. The third-order valence-electron chi connectivity index (χ3n) is 3.08. The van der Waals surface area contributed by atoms with Gasteiger partial charge in [-0.15, -0.1) is 11.3 Å². The molecule has 0 unspecified atom stereocenters. The minimum absolute atomic E-state index is 0.0621. The number of hydrogen-bond acceptors (Lipinski definition) is 5. The van der Waals surface area contributed by atoms with Gasteiger partial charge in [0.1, 0.15) is 5.75 Å². The van der Waals surface area contributed by atoms with Crippen molar-refractivity contribution < 1.29 is 9.53 Å². The van der Waals surface area contributed by atoms with Crippen LogP contribution >= 0.6 is 11.3 Å². The Morgan fingerprint density at radius 3 is 2.80 bits per heavy atom. The number of rotatable bonds is 6. The molecule has 106 valence electrons. The average Bonchev–Trinajstić information content (AvgIpc) is 2.84. The molecule has 0 aliphatic heterocycles. The summed E-state index contributed by atoms with van der Waals surface area (Å²) in [6, 6.07) is 7.32. The van der Waals surface area contributed by atoms with E-state index in [0.29, 0.717) is 17.9 Å².